The molecular weight excluding hydrogens is 364 g/mol. The van der Waals surface area contributed by atoms with Gasteiger partial charge in [-0.3, -0.25) is 14.5 Å². The van der Waals surface area contributed by atoms with Crippen molar-refractivity contribution in [3.63, 3.8) is 0 Å². The molecule has 0 bridgehead atoms. The summed E-state index contributed by atoms with van der Waals surface area (Å²) in [5, 5.41) is -0.478. The maximum Gasteiger partial charge on any atom is 0.328 e. The summed E-state index contributed by atoms with van der Waals surface area (Å²) in [6.45, 7) is 5.57. The molecule has 2 amide bonds. The molecule has 0 radical (unpaired) electrons. The molecule has 2 heterocycles. The maximum atomic E-state index is 12.6. The Morgan fingerprint density at radius 1 is 1.19 bits per heavy atom. The molecule has 27 heavy (non-hydrogen) atoms. The number of rotatable bonds is 4. The number of ether oxygens (including phenoxy) is 1. The lowest BCUT2D eigenvalue weighted by Crippen LogP contribution is -2.42. The molecule has 1 saturated heterocycles. The van der Waals surface area contributed by atoms with E-state index >= 15 is 0 Å². The Labute approximate surface area is 161 Å². The predicted octanol–water partition coefficient (Wildman–Crippen LogP) is 3.69. The number of carbonyl (C=O) groups excluding carboxylic acids is 3. The van der Waals surface area contributed by atoms with Gasteiger partial charge in [0.05, 0.1) is 12.0 Å². The monoisotopic (exact) mass is 384 g/mol. The summed E-state index contributed by atoms with van der Waals surface area (Å²) in [4.78, 5) is 37.8. The van der Waals surface area contributed by atoms with Gasteiger partial charge in [0, 0.05) is 17.6 Å². The zero-order chi connectivity index (χ0) is 19.7. The van der Waals surface area contributed by atoms with Crippen LogP contribution in [-0.4, -0.2) is 39.7 Å². The van der Waals surface area contributed by atoms with Gasteiger partial charge in [0.15, 0.2) is 0 Å². The molecule has 6 nitrogen and oxygen atoms in total. The summed E-state index contributed by atoms with van der Waals surface area (Å²) in [5.74, 6) is -1.12. The second kappa shape index (κ2) is 7.44. The van der Waals surface area contributed by atoms with Crippen LogP contribution in [0.2, 0.25) is 0 Å². The first-order valence-electron chi connectivity index (χ1n) is 8.43. The average Bonchev–Trinajstić information content (AvgIpc) is 3.21. The summed E-state index contributed by atoms with van der Waals surface area (Å²) in [6, 6.07) is 8.90. The lowest BCUT2D eigenvalue weighted by molar-refractivity contribution is -0.148. The summed E-state index contributed by atoms with van der Waals surface area (Å²) >= 11 is 0.823. The molecule has 1 fully saturated rings. The number of carbonyl (C=O) groups is 3. The summed E-state index contributed by atoms with van der Waals surface area (Å²) in [7, 11) is 1.23. The van der Waals surface area contributed by atoms with Crippen LogP contribution in [0.5, 0.6) is 0 Å². The van der Waals surface area contributed by atoms with E-state index in [0.29, 0.717) is 0 Å². The van der Waals surface area contributed by atoms with Crippen molar-refractivity contribution in [1.29, 1.82) is 0 Å². The highest BCUT2D eigenvalue weighted by molar-refractivity contribution is 8.18. The van der Waals surface area contributed by atoms with Gasteiger partial charge in [-0.25, -0.2) is 4.79 Å². The number of hydrogen-bond donors (Lipinski definition) is 0. The molecule has 1 aromatic carbocycles. The van der Waals surface area contributed by atoms with Crippen LogP contribution < -0.4 is 0 Å². The molecule has 0 spiro atoms. The number of aromatic nitrogens is 1. The highest BCUT2D eigenvalue weighted by atomic mass is 32.2. The SMILES string of the molecule is COC(=O)[C@H](C)N1C(=O)S/C(=C/c2cccn2-c2ccc(C)c(C)c2)C1=O. The molecule has 1 atom stereocenters. The molecule has 0 N–H and O–H groups in total. The molecule has 1 aliphatic heterocycles. The topological polar surface area (TPSA) is 68.6 Å². The summed E-state index contributed by atoms with van der Waals surface area (Å²) in [5.41, 5.74) is 4.11. The highest BCUT2D eigenvalue weighted by Crippen LogP contribution is 2.34. The minimum Gasteiger partial charge on any atom is -0.467 e. The quantitative estimate of drug-likeness (QED) is 0.594. The largest absolute Gasteiger partial charge is 0.467 e. The third-order valence-electron chi connectivity index (χ3n) is 4.58. The van der Waals surface area contributed by atoms with Crippen LogP contribution in [0.1, 0.15) is 23.7 Å². The first-order valence-corrected chi connectivity index (χ1v) is 9.25. The number of nitrogens with zero attached hydrogens (tertiary/aromatic N) is 2. The Bertz CT molecular complexity index is 961. The molecule has 7 heteroatoms. The van der Waals surface area contributed by atoms with E-state index in [1.807, 2.05) is 48.9 Å². The summed E-state index contributed by atoms with van der Waals surface area (Å²) < 4.78 is 6.59. The van der Waals surface area contributed by atoms with E-state index in [4.69, 9.17) is 0 Å². The van der Waals surface area contributed by atoms with Crippen LogP contribution in [0.4, 0.5) is 4.79 Å². The van der Waals surface area contributed by atoms with E-state index < -0.39 is 23.2 Å². The molecule has 0 aliphatic carbocycles. The highest BCUT2D eigenvalue weighted by Gasteiger charge is 2.41. The number of methoxy groups -OCH3 is 1. The van der Waals surface area contributed by atoms with Crippen LogP contribution in [-0.2, 0) is 14.3 Å². The Morgan fingerprint density at radius 3 is 2.59 bits per heavy atom. The minimum atomic E-state index is -0.958. The molecule has 1 aliphatic rings. The van der Waals surface area contributed by atoms with E-state index in [9.17, 15) is 14.4 Å². The van der Waals surface area contributed by atoms with Crippen molar-refractivity contribution in [3.8, 4) is 5.69 Å². The van der Waals surface area contributed by atoms with E-state index in [1.54, 1.807) is 6.08 Å². The molecule has 1 aromatic heterocycles. The fourth-order valence-electron chi connectivity index (χ4n) is 2.85. The zero-order valence-corrected chi connectivity index (χ0v) is 16.4. The zero-order valence-electron chi connectivity index (χ0n) is 15.6. The first kappa shape index (κ1) is 19.0. The van der Waals surface area contributed by atoms with Crippen LogP contribution in [0.15, 0.2) is 41.4 Å². The van der Waals surface area contributed by atoms with Crippen LogP contribution >= 0.6 is 11.8 Å². The van der Waals surface area contributed by atoms with E-state index in [1.165, 1.54) is 25.2 Å². The van der Waals surface area contributed by atoms with Crippen LogP contribution in [0.3, 0.4) is 0 Å². The van der Waals surface area contributed by atoms with Gasteiger partial charge in [-0.1, -0.05) is 6.07 Å². The lowest BCUT2D eigenvalue weighted by atomic mass is 10.1. The molecule has 140 valence electrons. The Morgan fingerprint density at radius 2 is 1.93 bits per heavy atom. The molecular formula is C20H20N2O4S. The molecule has 3 rings (SSSR count). The van der Waals surface area contributed by atoms with E-state index in [-0.39, 0.29) is 4.91 Å². The van der Waals surface area contributed by atoms with Gasteiger partial charge >= 0.3 is 5.97 Å². The van der Waals surface area contributed by atoms with Gasteiger partial charge in [-0.05, 0) is 74.0 Å². The van der Waals surface area contributed by atoms with E-state index in [2.05, 4.69) is 10.8 Å². The third-order valence-corrected chi connectivity index (χ3v) is 5.46. The second-order valence-corrected chi connectivity index (χ2v) is 7.32. The van der Waals surface area contributed by atoms with Crippen LogP contribution in [0.25, 0.3) is 11.8 Å². The minimum absolute atomic E-state index is 0.277. The number of benzene rings is 1. The number of aryl methyl sites for hydroxylation is 2. The fourth-order valence-corrected chi connectivity index (χ4v) is 3.74. The number of amides is 2. The van der Waals surface area contributed by atoms with Gasteiger partial charge in [0.1, 0.15) is 6.04 Å². The van der Waals surface area contributed by atoms with Crippen molar-refractivity contribution >= 4 is 35.0 Å². The lowest BCUT2D eigenvalue weighted by Gasteiger charge is -2.18. The third kappa shape index (κ3) is 3.55. The van der Waals surface area contributed by atoms with E-state index in [0.717, 1.165) is 28.0 Å². The first-order chi connectivity index (χ1) is 12.8. The van der Waals surface area contributed by atoms with Gasteiger partial charge in [-0.15, -0.1) is 0 Å². The average molecular weight is 384 g/mol. The van der Waals surface area contributed by atoms with Crippen LogP contribution in [0, 0.1) is 13.8 Å². The number of thioether (sulfide) groups is 1. The van der Waals surface area contributed by atoms with Gasteiger partial charge in [0.25, 0.3) is 11.1 Å². The number of hydrogen-bond acceptors (Lipinski definition) is 5. The number of esters is 1. The van der Waals surface area contributed by atoms with Gasteiger partial charge < -0.3 is 9.30 Å². The molecule has 0 unspecified atom stereocenters. The Kier molecular flexibility index (Phi) is 5.23. The van der Waals surface area contributed by atoms with Crippen molar-refractivity contribution in [2.24, 2.45) is 0 Å². The summed E-state index contributed by atoms with van der Waals surface area (Å²) in [6.07, 6.45) is 3.57. The Balaban J connectivity index is 1.94. The van der Waals surface area contributed by atoms with Crippen molar-refractivity contribution in [2.75, 3.05) is 7.11 Å². The van der Waals surface area contributed by atoms with Crippen molar-refractivity contribution in [3.05, 3.63) is 58.3 Å². The van der Waals surface area contributed by atoms with Crippen molar-refractivity contribution < 1.29 is 19.1 Å². The second-order valence-electron chi connectivity index (χ2n) is 6.32. The Hall–Kier alpha value is -2.80. The molecule has 2 aromatic rings. The maximum absolute atomic E-state index is 12.6. The standard InChI is InChI=1S/C20H20N2O4S/c1-12-7-8-16(10-13(12)2)21-9-5-6-15(21)11-17-18(23)22(20(25)27-17)14(3)19(24)26-4/h5-11,14H,1-4H3/b17-11+/t14-/m0/s1. The number of imide groups is 1. The van der Waals surface area contributed by atoms with Crippen molar-refractivity contribution in [2.45, 2.75) is 26.8 Å². The predicted molar refractivity (Wildman–Crippen MR) is 105 cm³/mol. The van der Waals surface area contributed by atoms with Gasteiger partial charge in [0.2, 0.25) is 0 Å². The molecule has 0 saturated carbocycles. The normalized spacial score (nSPS) is 16.9. The fraction of sp³-hybridized carbons (Fsp3) is 0.250. The van der Waals surface area contributed by atoms with Gasteiger partial charge in [-0.2, -0.15) is 0 Å². The smallest absolute Gasteiger partial charge is 0.328 e. The van der Waals surface area contributed by atoms with Crippen molar-refractivity contribution in [1.82, 2.24) is 9.47 Å².